The zero-order valence-corrected chi connectivity index (χ0v) is 12.8. The van der Waals surface area contributed by atoms with E-state index in [9.17, 15) is 5.11 Å². The minimum atomic E-state index is 0. The Morgan fingerprint density at radius 1 is 1.38 bits per heavy atom. The zero-order chi connectivity index (χ0) is 14.5. The Bertz CT molecular complexity index is 576. The molecule has 1 heterocycles. The first-order valence-electron chi connectivity index (χ1n) is 6.18. The third kappa shape index (κ3) is 4.59. The minimum absolute atomic E-state index is 0. The van der Waals surface area contributed by atoms with E-state index in [0.717, 1.165) is 5.56 Å². The van der Waals surface area contributed by atoms with Crippen molar-refractivity contribution in [3.8, 4) is 11.5 Å². The number of aromatic nitrogens is 2. The molecule has 0 aliphatic carbocycles. The van der Waals surface area contributed by atoms with Crippen molar-refractivity contribution in [1.29, 1.82) is 0 Å². The second-order valence-electron chi connectivity index (χ2n) is 4.49. The van der Waals surface area contributed by atoms with Crippen LogP contribution in [0.5, 0.6) is 11.5 Å². The zero-order valence-electron chi connectivity index (χ0n) is 11.9. The fourth-order valence-electron chi connectivity index (χ4n) is 1.88. The molecule has 2 rings (SSSR count). The molecule has 1 aromatic heterocycles. The predicted molar refractivity (Wildman–Crippen MR) is 79.3 cm³/mol. The van der Waals surface area contributed by atoms with Gasteiger partial charge in [0.15, 0.2) is 17.3 Å². The van der Waals surface area contributed by atoms with E-state index in [1.165, 1.54) is 7.11 Å². The van der Waals surface area contributed by atoms with Gasteiger partial charge in [0.05, 0.1) is 20.2 Å². The van der Waals surface area contributed by atoms with Gasteiger partial charge in [-0.3, -0.25) is 4.90 Å². The van der Waals surface area contributed by atoms with Crippen LogP contribution in [0.1, 0.15) is 17.3 Å². The quantitative estimate of drug-likeness (QED) is 0.829. The van der Waals surface area contributed by atoms with Gasteiger partial charge in [0.25, 0.3) is 0 Å². The Labute approximate surface area is 129 Å². The van der Waals surface area contributed by atoms with Gasteiger partial charge in [-0.05, 0) is 24.7 Å². The average Bonchev–Trinajstić information content (AvgIpc) is 2.86. The number of methoxy groups -OCH3 is 1. The molecule has 1 aromatic carbocycles. The molecule has 2 aromatic rings. The number of rotatable bonds is 6. The smallest absolute Gasteiger partial charge is 0.240 e. The fraction of sp³-hybridized carbons (Fsp3) is 0.385. The predicted octanol–water partition coefficient (Wildman–Crippen LogP) is 1.30. The minimum Gasteiger partial charge on any atom is -0.504 e. The van der Waals surface area contributed by atoms with Gasteiger partial charge >= 0.3 is 0 Å². The van der Waals surface area contributed by atoms with E-state index in [0.29, 0.717) is 30.6 Å². The third-order valence-electron chi connectivity index (χ3n) is 2.79. The van der Waals surface area contributed by atoms with Gasteiger partial charge in [0.1, 0.15) is 0 Å². The molecule has 0 fully saturated rings. The second kappa shape index (κ2) is 7.82. The van der Waals surface area contributed by atoms with Crippen molar-refractivity contribution in [2.45, 2.75) is 19.6 Å². The highest BCUT2D eigenvalue weighted by Crippen LogP contribution is 2.26. The van der Waals surface area contributed by atoms with Crippen LogP contribution >= 0.6 is 12.4 Å². The molecule has 0 radical (unpaired) electrons. The third-order valence-corrected chi connectivity index (χ3v) is 2.79. The standard InChI is InChI=1S/C13H18N4O3.ClH/c1-17(8-12-15-13(6-14)20-16-12)7-9-3-4-11(19-2)10(18)5-9;/h3-5,18H,6-8,14H2,1-2H3;1H. The average molecular weight is 315 g/mol. The number of ether oxygens (including phenoxy) is 1. The molecule has 116 valence electrons. The van der Waals surface area contributed by atoms with Crippen molar-refractivity contribution >= 4 is 12.4 Å². The van der Waals surface area contributed by atoms with Crippen molar-refractivity contribution in [3.05, 3.63) is 35.5 Å². The molecule has 0 unspecified atom stereocenters. The second-order valence-corrected chi connectivity index (χ2v) is 4.49. The molecule has 0 bridgehead atoms. The highest BCUT2D eigenvalue weighted by Gasteiger charge is 2.09. The fourth-order valence-corrected chi connectivity index (χ4v) is 1.88. The van der Waals surface area contributed by atoms with Crippen LogP contribution in [0.2, 0.25) is 0 Å². The van der Waals surface area contributed by atoms with Crippen molar-refractivity contribution in [3.63, 3.8) is 0 Å². The van der Waals surface area contributed by atoms with E-state index >= 15 is 0 Å². The summed E-state index contributed by atoms with van der Waals surface area (Å²) in [5, 5.41) is 13.6. The molecule has 0 atom stereocenters. The van der Waals surface area contributed by atoms with Crippen molar-refractivity contribution < 1.29 is 14.4 Å². The summed E-state index contributed by atoms with van der Waals surface area (Å²) in [4.78, 5) is 6.15. The SMILES string of the molecule is COc1ccc(CN(C)Cc2noc(CN)n2)cc1O.Cl. The summed E-state index contributed by atoms with van der Waals surface area (Å²) in [5.41, 5.74) is 6.38. The number of hydrogen-bond acceptors (Lipinski definition) is 7. The molecule has 0 saturated carbocycles. The van der Waals surface area contributed by atoms with Crippen molar-refractivity contribution in [1.82, 2.24) is 15.0 Å². The highest BCUT2D eigenvalue weighted by molar-refractivity contribution is 5.85. The Morgan fingerprint density at radius 2 is 2.14 bits per heavy atom. The van der Waals surface area contributed by atoms with Gasteiger partial charge < -0.3 is 20.1 Å². The van der Waals surface area contributed by atoms with Crippen LogP contribution in [0, 0.1) is 0 Å². The number of phenols is 1. The van der Waals surface area contributed by atoms with Crippen LogP contribution in [0.4, 0.5) is 0 Å². The lowest BCUT2D eigenvalue weighted by molar-refractivity contribution is 0.299. The van der Waals surface area contributed by atoms with Crippen LogP contribution in [0.25, 0.3) is 0 Å². The van der Waals surface area contributed by atoms with E-state index in [2.05, 4.69) is 10.1 Å². The maximum atomic E-state index is 9.73. The van der Waals surface area contributed by atoms with E-state index in [1.807, 2.05) is 18.0 Å². The number of phenolic OH excluding ortho intramolecular Hbond substituents is 1. The molecule has 21 heavy (non-hydrogen) atoms. The molecule has 8 heteroatoms. The molecule has 7 nitrogen and oxygen atoms in total. The van der Waals surface area contributed by atoms with Gasteiger partial charge in [-0.2, -0.15) is 4.98 Å². The molecular weight excluding hydrogens is 296 g/mol. The molecule has 0 saturated heterocycles. The van der Waals surface area contributed by atoms with E-state index in [1.54, 1.807) is 12.1 Å². The number of halogens is 1. The molecule has 0 aliphatic heterocycles. The maximum absolute atomic E-state index is 9.73. The monoisotopic (exact) mass is 314 g/mol. The number of hydrogen-bond donors (Lipinski definition) is 2. The first-order chi connectivity index (χ1) is 9.62. The van der Waals surface area contributed by atoms with Gasteiger partial charge in [-0.1, -0.05) is 11.2 Å². The van der Waals surface area contributed by atoms with E-state index in [4.69, 9.17) is 15.0 Å². The first-order valence-corrected chi connectivity index (χ1v) is 6.18. The van der Waals surface area contributed by atoms with Gasteiger partial charge in [0.2, 0.25) is 5.89 Å². The lowest BCUT2D eigenvalue weighted by Crippen LogP contribution is -2.18. The summed E-state index contributed by atoms with van der Waals surface area (Å²) in [6, 6.07) is 5.31. The molecule has 0 aliphatic rings. The van der Waals surface area contributed by atoms with Crippen molar-refractivity contribution in [2.24, 2.45) is 5.73 Å². The van der Waals surface area contributed by atoms with E-state index < -0.39 is 0 Å². The first kappa shape index (κ1) is 17.2. The van der Waals surface area contributed by atoms with Crippen LogP contribution < -0.4 is 10.5 Å². The summed E-state index contributed by atoms with van der Waals surface area (Å²) in [6.07, 6.45) is 0. The van der Waals surface area contributed by atoms with Crippen LogP contribution in [0.15, 0.2) is 22.7 Å². The summed E-state index contributed by atoms with van der Waals surface area (Å²) in [5.74, 6) is 1.60. The summed E-state index contributed by atoms with van der Waals surface area (Å²) >= 11 is 0. The Kier molecular flexibility index (Phi) is 6.41. The van der Waals surface area contributed by atoms with Crippen LogP contribution in [-0.2, 0) is 19.6 Å². The Balaban J connectivity index is 0.00000220. The number of nitrogens with two attached hydrogens (primary N) is 1. The topological polar surface area (TPSA) is 97.6 Å². The molecular formula is C13H19ClN4O3. The Hall–Kier alpha value is -1.83. The number of benzene rings is 1. The largest absolute Gasteiger partial charge is 0.504 e. The normalized spacial score (nSPS) is 10.5. The molecule has 0 amide bonds. The molecule has 0 spiro atoms. The Morgan fingerprint density at radius 3 is 2.71 bits per heavy atom. The van der Waals surface area contributed by atoms with E-state index in [-0.39, 0.29) is 24.7 Å². The lowest BCUT2D eigenvalue weighted by atomic mass is 10.2. The van der Waals surface area contributed by atoms with Gasteiger partial charge in [0, 0.05) is 6.54 Å². The maximum Gasteiger partial charge on any atom is 0.240 e. The number of aromatic hydroxyl groups is 1. The summed E-state index contributed by atoms with van der Waals surface area (Å²) in [7, 11) is 3.45. The summed E-state index contributed by atoms with van der Waals surface area (Å²) < 4.78 is 9.95. The van der Waals surface area contributed by atoms with Gasteiger partial charge in [-0.25, -0.2) is 0 Å². The highest BCUT2D eigenvalue weighted by atomic mass is 35.5. The lowest BCUT2D eigenvalue weighted by Gasteiger charge is -2.15. The van der Waals surface area contributed by atoms with Crippen LogP contribution in [0.3, 0.4) is 0 Å². The van der Waals surface area contributed by atoms with Crippen LogP contribution in [-0.4, -0.2) is 34.3 Å². The molecule has 3 N–H and O–H groups in total. The van der Waals surface area contributed by atoms with Gasteiger partial charge in [-0.15, -0.1) is 12.4 Å². The number of nitrogens with zero attached hydrogens (tertiary/aromatic N) is 3. The van der Waals surface area contributed by atoms with Crippen molar-refractivity contribution in [2.75, 3.05) is 14.2 Å². The summed E-state index contributed by atoms with van der Waals surface area (Å²) in [6.45, 7) is 1.42.